The first-order valence-corrected chi connectivity index (χ1v) is 11.0. The lowest BCUT2D eigenvalue weighted by Gasteiger charge is -2.14. The number of rotatable bonds is 6. The fraction of sp³-hybridized carbons (Fsp3) is 0.143. The first kappa shape index (κ1) is 22.2. The lowest BCUT2D eigenvalue weighted by atomic mass is 10.2. The second-order valence-corrected chi connectivity index (χ2v) is 8.76. The van der Waals surface area contributed by atoms with Gasteiger partial charge < -0.3 is 10.1 Å². The van der Waals surface area contributed by atoms with Crippen LogP contribution >= 0.6 is 39.9 Å². The zero-order valence-electron chi connectivity index (χ0n) is 15.9. The summed E-state index contributed by atoms with van der Waals surface area (Å²) in [5.41, 5.74) is 1.76. The van der Waals surface area contributed by atoms with E-state index in [0.29, 0.717) is 20.5 Å². The van der Waals surface area contributed by atoms with Crippen molar-refractivity contribution < 1.29 is 19.1 Å². The highest BCUT2D eigenvalue weighted by molar-refractivity contribution is 9.10. The minimum absolute atomic E-state index is 0.192. The Hall–Kier alpha value is -2.49. The number of thioether (sulfide) groups is 1. The lowest BCUT2D eigenvalue weighted by Crippen LogP contribution is -2.36. The van der Waals surface area contributed by atoms with E-state index in [1.165, 1.54) is 4.90 Å². The van der Waals surface area contributed by atoms with Gasteiger partial charge in [-0.1, -0.05) is 52.0 Å². The topological polar surface area (TPSA) is 75.7 Å². The molecule has 1 fully saturated rings. The quantitative estimate of drug-likeness (QED) is 0.355. The zero-order chi connectivity index (χ0) is 21.7. The van der Waals surface area contributed by atoms with Crippen molar-refractivity contribution in [3.05, 3.63) is 69.0 Å². The summed E-state index contributed by atoms with van der Waals surface area (Å²) in [6, 6.07) is 13.8. The molecule has 0 saturated carbocycles. The van der Waals surface area contributed by atoms with Crippen LogP contribution in [0.5, 0.6) is 0 Å². The van der Waals surface area contributed by atoms with Gasteiger partial charge in [-0.2, -0.15) is 0 Å². The maximum atomic E-state index is 12.7. The van der Waals surface area contributed by atoms with Gasteiger partial charge in [0.15, 0.2) is 0 Å². The third-order valence-electron chi connectivity index (χ3n) is 4.02. The summed E-state index contributed by atoms with van der Waals surface area (Å²) in [5.74, 6) is -1.12. The van der Waals surface area contributed by atoms with Crippen molar-refractivity contribution in [3.63, 3.8) is 0 Å². The molecule has 1 saturated heterocycles. The van der Waals surface area contributed by atoms with E-state index in [1.54, 1.807) is 37.3 Å². The Morgan fingerprint density at radius 3 is 2.47 bits per heavy atom. The molecule has 0 atom stereocenters. The molecule has 2 aromatic carbocycles. The largest absolute Gasteiger partial charge is 0.462 e. The van der Waals surface area contributed by atoms with Crippen molar-refractivity contribution in [2.75, 3.05) is 18.5 Å². The number of hydrogen-bond acceptors (Lipinski definition) is 6. The number of carbonyl (C=O) groups excluding carboxylic acids is 3. The van der Waals surface area contributed by atoms with Gasteiger partial charge in [0.1, 0.15) is 10.9 Å². The Morgan fingerprint density at radius 1 is 1.17 bits per heavy atom. The number of nitrogens with one attached hydrogen (secondary N) is 1. The third-order valence-corrected chi connectivity index (χ3v) is 5.93. The van der Waals surface area contributed by atoms with Gasteiger partial charge in [0.25, 0.3) is 5.91 Å². The van der Waals surface area contributed by atoms with Crippen LogP contribution < -0.4 is 5.32 Å². The van der Waals surface area contributed by atoms with Crippen molar-refractivity contribution in [2.24, 2.45) is 0 Å². The second kappa shape index (κ2) is 10.0. The summed E-state index contributed by atoms with van der Waals surface area (Å²) >= 11 is 9.81. The predicted molar refractivity (Wildman–Crippen MR) is 125 cm³/mol. The molecule has 30 heavy (non-hydrogen) atoms. The standard InChI is InChI=1S/C21H17BrN2O4S2/c1-2-28-20(27)14-5-9-16(10-6-14)23-18(25)12-24-19(26)17(30-21(24)29)11-13-3-7-15(22)8-4-13/h3-11H,2,12H2,1H3,(H,23,25)/b17-11-. The Bertz CT molecular complexity index is 1020. The number of anilines is 1. The van der Waals surface area contributed by atoms with Gasteiger partial charge in [-0.05, 0) is 55.0 Å². The van der Waals surface area contributed by atoms with Crippen LogP contribution in [0.1, 0.15) is 22.8 Å². The highest BCUT2D eigenvalue weighted by atomic mass is 79.9. The number of esters is 1. The molecule has 2 aromatic rings. The Kier molecular flexibility index (Phi) is 7.41. The van der Waals surface area contributed by atoms with Gasteiger partial charge in [0.2, 0.25) is 5.91 Å². The Labute approximate surface area is 191 Å². The summed E-state index contributed by atoms with van der Waals surface area (Å²) < 4.78 is 6.20. The Balaban J connectivity index is 1.62. The van der Waals surface area contributed by atoms with E-state index >= 15 is 0 Å². The van der Waals surface area contributed by atoms with Crippen LogP contribution in [-0.4, -0.2) is 40.2 Å². The summed E-state index contributed by atoms with van der Waals surface area (Å²) in [6.45, 7) is 1.83. The number of nitrogens with zero attached hydrogens (tertiary/aromatic N) is 1. The normalized spacial score (nSPS) is 14.9. The maximum Gasteiger partial charge on any atom is 0.338 e. The van der Waals surface area contributed by atoms with E-state index < -0.39 is 5.97 Å². The van der Waals surface area contributed by atoms with Crippen LogP contribution in [-0.2, 0) is 14.3 Å². The number of benzene rings is 2. The Morgan fingerprint density at radius 2 is 1.83 bits per heavy atom. The van der Waals surface area contributed by atoms with Crippen molar-refractivity contribution in [2.45, 2.75) is 6.92 Å². The predicted octanol–water partition coefficient (Wildman–Crippen LogP) is 4.47. The number of carbonyl (C=O) groups is 3. The molecule has 1 aliphatic rings. The molecular weight excluding hydrogens is 488 g/mol. The van der Waals surface area contributed by atoms with E-state index in [-0.39, 0.29) is 25.0 Å². The number of thiocarbonyl (C=S) groups is 1. The van der Waals surface area contributed by atoms with E-state index in [0.717, 1.165) is 21.8 Å². The summed E-state index contributed by atoms with van der Waals surface area (Å²) in [4.78, 5) is 38.5. The van der Waals surface area contributed by atoms with E-state index in [2.05, 4.69) is 21.2 Å². The van der Waals surface area contributed by atoms with Crippen molar-refractivity contribution >= 4 is 73.8 Å². The zero-order valence-corrected chi connectivity index (χ0v) is 19.1. The van der Waals surface area contributed by atoms with Gasteiger partial charge in [-0.25, -0.2) is 4.79 Å². The van der Waals surface area contributed by atoms with Crippen LogP contribution in [0.2, 0.25) is 0 Å². The minimum atomic E-state index is -0.425. The van der Waals surface area contributed by atoms with E-state index in [9.17, 15) is 14.4 Å². The molecule has 0 unspecified atom stereocenters. The molecule has 0 aliphatic carbocycles. The van der Waals surface area contributed by atoms with Crippen molar-refractivity contribution in [3.8, 4) is 0 Å². The fourth-order valence-corrected chi connectivity index (χ4v) is 4.11. The molecule has 0 bridgehead atoms. The highest BCUT2D eigenvalue weighted by Gasteiger charge is 2.33. The molecule has 1 N–H and O–H groups in total. The van der Waals surface area contributed by atoms with Gasteiger partial charge in [0.05, 0.1) is 17.1 Å². The molecule has 6 nitrogen and oxygen atoms in total. The SMILES string of the molecule is CCOC(=O)c1ccc(NC(=O)CN2C(=O)/C(=C/c3ccc(Br)cc3)SC2=S)cc1. The maximum absolute atomic E-state index is 12.7. The van der Waals surface area contributed by atoms with Crippen LogP contribution in [0, 0.1) is 0 Å². The van der Waals surface area contributed by atoms with Crippen LogP contribution in [0.3, 0.4) is 0 Å². The number of amides is 2. The summed E-state index contributed by atoms with van der Waals surface area (Å²) in [5, 5.41) is 2.70. The second-order valence-electron chi connectivity index (χ2n) is 6.17. The average Bonchev–Trinajstić information content (AvgIpc) is 2.98. The molecule has 0 spiro atoms. The smallest absolute Gasteiger partial charge is 0.338 e. The molecule has 9 heteroatoms. The van der Waals surface area contributed by atoms with Gasteiger partial charge in [0, 0.05) is 10.2 Å². The van der Waals surface area contributed by atoms with E-state index in [1.807, 2.05) is 24.3 Å². The third kappa shape index (κ3) is 5.56. The van der Waals surface area contributed by atoms with Crippen LogP contribution in [0.15, 0.2) is 57.9 Å². The van der Waals surface area contributed by atoms with Crippen LogP contribution in [0.4, 0.5) is 5.69 Å². The summed E-state index contributed by atoms with van der Waals surface area (Å²) in [7, 11) is 0. The molecule has 0 aromatic heterocycles. The minimum Gasteiger partial charge on any atom is -0.462 e. The monoisotopic (exact) mass is 504 g/mol. The number of ether oxygens (including phenoxy) is 1. The van der Waals surface area contributed by atoms with Gasteiger partial charge in [-0.3, -0.25) is 14.5 Å². The van der Waals surface area contributed by atoms with Crippen LogP contribution in [0.25, 0.3) is 6.08 Å². The average molecular weight is 505 g/mol. The fourth-order valence-electron chi connectivity index (χ4n) is 2.59. The first-order valence-electron chi connectivity index (χ1n) is 8.95. The lowest BCUT2D eigenvalue weighted by molar-refractivity contribution is -0.126. The van der Waals surface area contributed by atoms with E-state index in [4.69, 9.17) is 17.0 Å². The summed E-state index contributed by atoms with van der Waals surface area (Å²) in [6.07, 6.45) is 1.75. The van der Waals surface area contributed by atoms with Gasteiger partial charge in [-0.15, -0.1) is 0 Å². The molecule has 1 heterocycles. The molecular formula is C21H17BrN2O4S2. The molecule has 1 aliphatic heterocycles. The molecule has 154 valence electrons. The molecule has 2 amide bonds. The van der Waals surface area contributed by atoms with Crippen molar-refractivity contribution in [1.82, 2.24) is 4.90 Å². The number of hydrogen-bond donors (Lipinski definition) is 1. The highest BCUT2D eigenvalue weighted by Crippen LogP contribution is 2.32. The molecule has 0 radical (unpaired) electrons. The number of halogens is 1. The van der Waals surface area contributed by atoms with Gasteiger partial charge >= 0.3 is 5.97 Å². The first-order chi connectivity index (χ1) is 14.4. The molecule has 3 rings (SSSR count). The van der Waals surface area contributed by atoms with Crippen molar-refractivity contribution in [1.29, 1.82) is 0 Å².